The lowest BCUT2D eigenvalue weighted by Gasteiger charge is -2.02. The van der Waals surface area contributed by atoms with Crippen LogP contribution in [0.1, 0.15) is 13.8 Å². The topological polar surface area (TPSA) is 83.8 Å². The number of allylic oxidation sites excluding steroid dienone is 1. The molecule has 0 unspecified atom stereocenters. The number of ether oxygens (including phenoxy) is 1. The average Bonchev–Trinajstić information content (AvgIpc) is 1.99. The molecule has 0 aromatic rings. The quantitative estimate of drug-likeness (QED) is 0.403. The molecule has 0 aliphatic rings. The molecule has 0 aromatic heterocycles. The minimum atomic E-state index is -4.06. The van der Waals surface area contributed by atoms with E-state index in [4.69, 9.17) is 9.79 Å². The van der Waals surface area contributed by atoms with Crippen molar-refractivity contribution in [3.63, 3.8) is 0 Å². The van der Waals surface area contributed by atoms with Crippen LogP contribution >= 0.6 is 7.60 Å². The first-order valence-corrected chi connectivity index (χ1v) is 5.55. The van der Waals surface area contributed by atoms with E-state index in [-0.39, 0.29) is 12.2 Å². The van der Waals surface area contributed by atoms with Gasteiger partial charge < -0.3 is 14.5 Å². The first-order chi connectivity index (χ1) is 5.87. The summed E-state index contributed by atoms with van der Waals surface area (Å²) in [6.07, 6.45) is 0.746. The summed E-state index contributed by atoms with van der Waals surface area (Å²) in [5.41, 5.74) is 0.213. The molecular weight excluding hydrogens is 195 g/mol. The first-order valence-electron chi connectivity index (χ1n) is 3.75. The van der Waals surface area contributed by atoms with Crippen LogP contribution < -0.4 is 0 Å². The van der Waals surface area contributed by atoms with E-state index >= 15 is 0 Å². The van der Waals surface area contributed by atoms with Crippen molar-refractivity contribution < 1.29 is 23.9 Å². The Labute approximate surface area is 76.6 Å². The molecule has 2 N–H and O–H groups in total. The second kappa shape index (κ2) is 5.17. The van der Waals surface area contributed by atoms with Crippen molar-refractivity contribution in [3.05, 3.63) is 11.6 Å². The highest BCUT2D eigenvalue weighted by Gasteiger charge is 2.12. The average molecular weight is 208 g/mol. The van der Waals surface area contributed by atoms with Crippen LogP contribution in [-0.2, 0) is 14.1 Å². The largest absolute Gasteiger partial charge is 0.463 e. The smallest absolute Gasteiger partial charge is 0.333 e. The van der Waals surface area contributed by atoms with Gasteiger partial charge in [0.1, 0.15) is 0 Å². The molecule has 0 bridgehead atoms. The van der Waals surface area contributed by atoms with Gasteiger partial charge in [-0.3, -0.25) is 4.57 Å². The predicted molar refractivity (Wildman–Crippen MR) is 47.3 cm³/mol. The monoisotopic (exact) mass is 208 g/mol. The van der Waals surface area contributed by atoms with Crippen molar-refractivity contribution in [3.8, 4) is 0 Å². The number of esters is 1. The van der Waals surface area contributed by atoms with Gasteiger partial charge in [-0.2, -0.15) is 0 Å². The van der Waals surface area contributed by atoms with Crippen LogP contribution in [0.3, 0.4) is 0 Å². The minimum absolute atomic E-state index is 0.213. The summed E-state index contributed by atoms with van der Waals surface area (Å²) in [6.45, 7) is 3.36. The maximum Gasteiger partial charge on any atom is 0.333 e. The third-order valence-electron chi connectivity index (χ3n) is 1.23. The van der Waals surface area contributed by atoms with Gasteiger partial charge in [0.05, 0.1) is 12.8 Å². The van der Waals surface area contributed by atoms with E-state index in [0.29, 0.717) is 0 Å². The molecule has 0 aliphatic heterocycles. The molecule has 0 saturated heterocycles. The van der Waals surface area contributed by atoms with Gasteiger partial charge in [0.25, 0.3) is 0 Å². The molecule has 0 heterocycles. The molecule has 0 aliphatic carbocycles. The van der Waals surface area contributed by atoms with E-state index in [9.17, 15) is 9.36 Å². The minimum Gasteiger partial charge on any atom is -0.463 e. The van der Waals surface area contributed by atoms with E-state index < -0.39 is 19.7 Å². The lowest BCUT2D eigenvalue weighted by Crippen LogP contribution is -2.05. The molecule has 0 aromatic carbocycles. The van der Waals surface area contributed by atoms with Crippen molar-refractivity contribution in [2.75, 3.05) is 12.8 Å². The van der Waals surface area contributed by atoms with E-state index in [1.165, 1.54) is 13.0 Å². The third kappa shape index (κ3) is 6.51. The van der Waals surface area contributed by atoms with Crippen molar-refractivity contribution >= 4 is 13.6 Å². The Kier molecular flexibility index (Phi) is 4.91. The molecule has 0 fully saturated rings. The molecule has 0 saturated carbocycles. The van der Waals surface area contributed by atoms with E-state index in [1.807, 2.05) is 0 Å². The van der Waals surface area contributed by atoms with Gasteiger partial charge in [0.2, 0.25) is 0 Å². The third-order valence-corrected chi connectivity index (χ3v) is 1.89. The zero-order chi connectivity index (χ0) is 10.5. The van der Waals surface area contributed by atoms with E-state index in [2.05, 4.69) is 4.74 Å². The second-order valence-electron chi connectivity index (χ2n) is 2.45. The van der Waals surface area contributed by atoms with Gasteiger partial charge in [-0.1, -0.05) is 6.08 Å². The lowest BCUT2D eigenvalue weighted by atomic mass is 10.3. The van der Waals surface area contributed by atoms with Crippen LogP contribution in [0, 0.1) is 0 Å². The van der Waals surface area contributed by atoms with Crippen LogP contribution in [0.15, 0.2) is 11.6 Å². The van der Waals surface area contributed by atoms with E-state index in [1.54, 1.807) is 6.92 Å². The lowest BCUT2D eigenvalue weighted by molar-refractivity contribution is -0.138. The summed E-state index contributed by atoms with van der Waals surface area (Å²) in [5.74, 6) is -0.545. The highest BCUT2D eigenvalue weighted by atomic mass is 31.2. The highest BCUT2D eigenvalue weighted by Crippen LogP contribution is 2.34. The molecule has 0 rings (SSSR count). The zero-order valence-corrected chi connectivity index (χ0v) is 8.45. The highest BCUT2D eigenvalue weighted by molar-refractivity contribution is 7.51. The first kappa shape index (κ1) is 12.4. The summed E-state index contributed by atoms with van der Waals surface area (Å²) in [7, 11) is -4.06. The van der Waals surface area contributed by atoms with Crippen molar-refractivity contribution in [2.45, 2.75) is 13.8 Å². The van der Waals surface area contributed by atoms with E-state index in [0.717, 1.165) is 0 Å². The van der Waals surface area contributed by atoms with Crippen molar-refractivity contribution in [1.82, 2.24) is 0 Å². The summed E-state index contributed by atoms with van der Waals surface area (Å²) in [5, 5.41) is 0. The molecule has 0 spiro atoms. The van der Waals surface area contributed by atoms with Gasteiger partial charge in [-0.05, 0) is 13.8 Å². The second-order valence-corrected chi connectivity index (χ2v) is 4.15. The summed E-state index contributed by atoms with van der Waals surface area (Å²) >= 11 is 0. The fourth-order valence-corrected chi connectivity index (χ4v) is 1.10. The van der Waals surface area contributed by atoms with Crippen molar-refractivity contribution in [2.24, 2.45) is 0 Å². The van der Waals surface area contributed by atoms with Crippen LogP contribution in [0.25, 0.3) is 0 Å². The molecule has 0 radical (unpaired) electrons. The Morgan fingerprint density at radius 2 is 2.08 bits per heavy atom. The fourth-order valence-electron chi connectivity index (χ4n) is 0.584. The molecule has 76 valence electrons. The van der Waals surface area contributed by atoms with Gasteiger partial charge in [-0.15, -0.1) is 0 Å². The Balaban J connectivity index is 4.17. The standard InChI is InChI=1S/C7H13O5P/c1-3-12-7(8)6(2)4-5-13(9,10)11/h4H,3,5H2,1-2H3,(H2,9,10,11). The number of hydrogen-bond acceptors (Lipinski definition) is 3. The predicted octanol–water partition coefficient (Wildman–Crippen LogP) is 0.673. The summed E-state index contributed by atoms with van der Waals surface area (Å²) < 4.78 is 15.0. The summed E-state index contributed by atoms with van der Waals surface area (Å²) in [6, 6.07) is 0. The molecule has 6 heteroatoms. The van der Waals surface area contributed by atoms with Crippen molar-refractivity contribution in [1.29, 1.82) is 0 Å². The SMILES string of the molecule is CCOC(=O)C(C)=CCP(=O)(O)O. The van der Waals surface area contributed by atoms with Gasteiger partial charge >= 0.3 is 13.6 Å². The number of carbonyl (C=O) groups excluding carboxylic acids is 1. The molecule has 5 nitrogen and oxygen atoms in total. The zero-order valence-electron chi connectivity index (χ0n) is 7.56. The Morgan fingerprint density at radius 3 is 2.46 bits per heavy atom. The number of carbonyl (C=O) groups is 1. The van der Waals surface area contributed by atoms with Crippen LogP contribution in [0.4, 0.5) is 0 Å². The Bertz CT molecular complexity index is 252. The normalized spacial score (nSPS) is 12.8. The maximum atomic E-state index is 10.9. The van der Waals surface area contributed by atoms with Crippen LogP contribution in [-0.4, -0.2) is 28.5 Å². The Hall–Kier alpha value is -0.640. The number of rotatable bonds is 4. The van der Waals surface area contributed by atoms with Gasteiger partial charge in [-0.25, -0.2) is 4.79 Å². The maximum absolute atomic E-state index is 10.9. The van der Waals surface area contributed by atoms with Gasteiger partial charge in [0.15, 0.2) is 0 Å². The summed E-state index contributed by atoms with van der Waals surface area (Å²) in [4.78, 5) is 27.9. The fraction of sp³-hybridized carbons (Fsp3) is 0.571. The Morgan fingerprint density at radius 1 is 1.54 bits per heavy atom. The molecule has 13 heavy (non-hydrogen) atoms. The molecule has 0 amide bonds. The van der Waals surface area contributed by atoms with Crippen LogP contribution in [0.5, 0.6) is 0 Å². The molecule has 0 atom stereocenters. The van der Waals surface area contributed by atoms with Crippen LogP contribution in [0.2, 0.25) is 0 Å². The van der Waals surface area contributed by atoms with Gasteiger partial charge in [0, 0.05) is 5.57 Å². The molecular formula is C7H13O5P. The number of hydrogen-bond donors (Lipinski definition) is 2.